The molecular formula is C13H25N3O+2. The quantitative estimate of drug-likeness (QED) is 0.477. The molecule has 0 aliphatic heterocycles. The number of nitrogens with zero attached hydrogens (tertiary/aromatic N) is 1. The van der Waals surface area contributed by atoms with Crippen molar-refractivity contribution in [2.75, 3.05) is 45.2 Å². The van der Waals surface area contributed by atoms with Gasteiger partial charge in [-0.1, -0.05) is 12.1 Å². The fraction of sp³-hybridized carbons (Fsp3) is 0.538. The molecule has 0 saturated carbocycles. The summed E-state index contributed by atoms with van der Waals surface area (Å²) in [5.74, 6) is 0. The average molecular weight is 239 g/mol. The van der Waals surface area contributed by atoms with Crippen LogP contribution in [-0.4, -0.2) is 45.4 Å². The van der Waals surface area contributed by atoms with Gasteiger partial charge in [0, 0.05) is 25.3 Å². The standard InChI is InChI=1S/C13H23N3O/c1-16(2)13-5-3-12(4-6-13)11-15-8-7-14-9-10-17/h3-6,14-15,17H,7-11H2,1-2H3/p+2. The van der Waals surface area contributed by atoms with Gasteiger partial charge >= 0.3 is 0 Å². The molecule has 17 heavy (non-hydrogen) atoms. The summed E-state index contributed by atoms with van der Waals surface area (Å²) in [6.07, 6.45) is 0. The van der Waals surface area contributed by atoms with E-state index in [-0.39, 0.29) is 6.61 Å². The van der Waals surface area contributed by atoms with Gasteiger partial charge in [-0.3, -0.25) is 0 Å². The molecule has 0 amide bonds. The normalized spacial score (nSPS) is 10.5. The Morgan fingerprint density at radius 3 is 2.24 bits per heavy atom. The maximum Gasteiger partial charge on any atom is 0.125 e. The Hall–Kier alpha value is -1.10. The number of aliphatic hydroxyl groups is 1. The second-order valence-corrected chi connectivity index (χ2v) is 4.43. The molecule has 0 heterocycles. The monoisotopic (exact) mass is 239 g/mol. The Labute approximate surface area is 104 Å². The molecule has 4 nitrogen and oxygen atoms in total. The summed E-state index contributed by atoms with van der Waals surface area (Å²) in [7, 11) is 4.11. The van der Waals surface area contributed by atoms with E-state index in [0.29, 0.717) is 0 Å². The highest BCUT2D eigenvalue weighted by Crippen LogP contribution is 2.11. The second-order valence-electron chi connectivity index (χ2n) is 4.43. The van der Waals surface area contributed by atoms with Crippen LogP contribution in [0.3, 0.4) is 0 Å². The van der Waals surface area contributed by atoms with Crippen LogP contribution in [0.2, 0.25) is 0 Å². The first-order chi connectivity index (χ1) is 8.24. The van der Waals surface area contributed by atoms with Crippen LogP contribution >= 0.6 is 0 Å². The van der Waals surface area contributed by atoms with Crippen LogP contribution in [0.5, 0.6) is 0 Å². The fourth-order valence-electron chi connectivity index (χ4n) is 1.67. The van der Waals surface area contributed by atoms with E-state index in [1.54, 1.807) is 0 Å². The number of hydrogen-bond donors (Lipinski definition) is 3. The van der Waals surface area contributed by atoms with Crippen LogP contribution in [-0.2, 0) is 6.54 Å². The highest BCUT2D eigenvalue weighted by molar-refractivity contribution is 5.45. The van der Waals surface area contributed by atoms with Gasteiger partial charge in [-0.2, -0.15) is 0 Å². The molecule has 0 fully saturated rings. The second kappa shape index (κ2) is 8.06. The highest BCUT2D eigenvalue weighted by atomic mass is 16.3. The number of rotatable bonds is 8. The number of benzene rings is 1. The topological polar surface area (TPSA) is 56.7 Å². The van der Waals surface area contributed by atoms with Gasteiger partial charge in [-0.05, 0) is 12.1 Å². The van der Waals surface area contributed by atoms with Crippen LogP contribution in [0, 0.1) is 0 Å². The summed E-state index contributed by atoms with van der Waals surface area (Å²) in [5, 5.41) is 13.1. The molecule has 0 unspecified atom stereocenters. The van der Waals surface area contributed by atoms with Crippen molar-refractivity contribution in [2.24, 2.45) is 0 Å². The Morgan fingerprint density at radius 2 is 1.65 bits per heavy atom. The van der Waals surface area contributed by atoms with E-state index in [1.807, 2.05) is 0 Å². The molecule has 0 bridgehead atoms. The minimum Gasteiger partial charge on any atom is -0.391 e. The molecule has 0 spiro atoms. The molecule has 1 rings (SSSR count). The third kappa shape index (κ3) is 5.68. The molecule has 4 heteroatoms. The summed E-state index contributed by atoms with van der Waals surface area (Å²) in [6, 6.07) is 8.68. The van der Waals surface area contributed by atoms with Gasteiger partial charge in [0.25, 0.3) is 0 Å². The lowest BCUT2D eigenvalue weighted by Gasteiger charge is -2.12. The first kappa shape index (κ1) is 14.0. The molecule has 0 atom stereocenters. The Balaban J connectivity index is 2.19. The van der Waals surface area contributed by atoms with Crippen LogP contribution in [0.1, 0.15) is 5.56 Å². The Bertz CT molecular complexity index is 298. The van der Waals surface area contributed by atoms with E-state index < -0.39 is 0 Å². The van der Waals surface area contributed by atoms with Gasteiger partial charge < -0.3 is 20.6 Å². The molecule has 0 aliphatic carbocycles. The van der Waals surface area contributed by atoms with E-state index in [2.05, 4.69) is 53.9 Å². The summed E-state index contributed by atoms with van der Waals surface area (Å²) in [5.41, 5.74) is 2.60. The summed E-state index contributed by atoms with van der Waals surface area (Å²) < 4.78 is 0. The fourth-order valence-corrected chi connectivity index (χ4v) is 1.67. The van der Waals surface area contributed by atoms with Crippen LogP contribution in [0.25, 0.3) is 0 Å². The number of quaternary nitrogens is 2. The maximum absolute atomic E-state index is 8.63. The molecule has 0 saturated heterocycles. The Kier molecular flexibility index (Phi) is 6.62. The van der Waals surface area contributed by atoms with Crippen molar-refractivity contribution in [3.05, 3.63) is 29.8 Å². The number of aliphatic hydroxyl groups excluding tert-OH is 1. The maximum atomic E-state index is 8.63. The lowest BCUT2D eigenvalue weighted by atomic mass is 10.2. The molecular weight excluding hydrogens is 214 g/mol. The van der Waals surface area contributed by atoms with Crippen molar-refractivity contribution in [3.63, 3.8) is 0 Å². The zero-order valence-electron chi connectivity index (χ0n) is 10.9. The minimum atomic E-state index is 0.270. The van der Waals surface area contributed by atoms with Gasteiger partial charge in [0.1, 0.15) is 19.6 Å². The van der Waals surface area contributed by atoms with Crippen molar-refractivity contribution < 1.29 is 15.7 Å². The summed E-state index contributed by atoms with van der Waals surface area (Å²) in [6.45, 7) is 4.27. The van der Waals surface area contributed by atoms with Gasteiger partial charge in [-0.15, -0.1) is 0 Å². The van der Waals surface area contributed by atoms with Crippen molar-refractivity contribution >= 4 is 5.69 Å². The van der Waals surface area contributed by atoms with Crippen molar-refractivity contribution in [1.29, 1.82) is 0 Å². The van der Waals surface area contributed by atoms with Gasteiger partial charge in [0.15, 0.2) is 0 Å². The van der Waals surface area contributed by atoms with Crippen LogP contribution in [0.15, 0.2) is 24.3 Å². The van der Waals surface area contributed by atoms with Crippen LogP contribution in [0.4, 0.5) is 5.69 Å². The van der Waals surface area contributed by atoms with E-state index in [4.69, 9.17) is 5.11 Å². The van der Waals surface area contributed by atoms with E-state index in [9.17, 15) is 0 Å². The van der Waals surface area contributed by atoms with E-state index in [0.717, 1.165) is 26.2 Å². The molecule has 1 aromatic rings. The SMILES string of the molecule is CN(C)c1ccc(C[NH2+]CC[NH2+]CCO)cc1. The molecule has 0 aliphatic rings. The first-order valence-electron chi connectivity index (χ1n) is 6.24. The molecule has 5 N–H and O–H groups in total. The average Bonchev–Trinajstić information content (AvgIpc) is 2.34. The van der Waals surface area contributed by atoms with Crippen molar-refractivity contribution in [2.45, 2.75) is 6.54 Å². The zero-order valence-corrected chi connectivity index (χ0v) is 10.9. The largest absolute Gasteiger partial charge is 0.391 e. The highest BCUT2D eigenvalue weighted by Gasteiger charge is 1.98. The zero-order chi connectivity index (χ0) is 12.5. The first-order valence-corrected chi connectivity index (χ1v) is 6.24. The third-order valence-corrected chi connectivity index (χ3v) is 2.74. The predicted octanol–water partition coefficient (Wildman–Crippen LogP) is -1.63. The number of anilines is 1. The molecule has 1 aromatic carbocycles. The number of nitrogens with two attached hydrogens (primary N) is 2. The minimum absolute atomic E-state index is 0.270. The van der Waals surface area contributed by atoms with Gasteiger partial charge in [0.2, 0.25) is 0 Å². The Morgan fingerprint density at radius 1 is 1.00 bits per heavy atom. The van der Waals surface area contributed by atoms with E-state index in [1.165, 1.54) is 11.3 Å². The van der Waals surface area contributed by atoms with Crippen molar-refractivity contribution in [1.82, 2.24) is 0 Å². The molecule has 0 aromatic heterocycles. The summed E-state index contributed by atoms with van der Waals surface area (Å²) >= 11 is 0. The van der Waals surface area contributed by atoms with E-state index >= 15 is 0 Å². The number of hydrogen-bond acceptors (Lipinski definition) is 2. The predicted molar refractivity (Wildman–Crippen MR) is 70.0 cm³/mol. The smallest absolute Gasteiger partial charge is 0.125 e. The van der Waals surface area contributed by atoms with Crippen LogP contribution < -0.4 is 15.5 Å². The lowest BCUT2D eigenvalue weighted by Crippen LogP contribution is -2.94. The van der Waals surface area contributed by atoms with Gasteiger partial charge in [-0.25, -0.2) is 0 Å². The summed E-state index contributed by atoms with van der Waals surface area (Å²) in [4.78, 5) is 2.11. The third-order valence-electron chi connectivity index (χ3n) is 2.74. The van der Waals surface area contributed by atoms with Gasteiger partial charge in [0.05, 0.1) is 13.2 Å². The lowest BCUT2D eigenvalue weighted by molar-refractivity contribution is -0.731. The molecule has 0 radical (unpaired) electrons. The molecule has 96 valence electrons. The van der Waals surface area contributed by atoms with Crippen molar-refractivity contribution in [3.8, 4) is 0 Å².